The van der Waals surface area contributed by atoms with Gasteiger partial charge in [0.1, 0.15) is 5.82 Å². The molecule has 0 radical (unpaired) electrons. The van der Waals surface area contributed by atoms with Crippen molar-refractivity contribution in [2.45, 2.75) is 43.1 Å². The molecule has 0 aliphatic heterocycles. The second-order valence-electron chi connectivity index (χ2n) is 4.91. The van der Waals surface area contributed by atoms with Crippen molar-refractivity contribution in [1.82, 2.24) is 14.8 Å². The van der Waals surface area contributed by atoms with Crippen molar-refractivity contribution in [2.24, 2.45) is 0 Å². The predicted molar refractivity (Wildman–Crippen MR) is 77.3 cm³/mol. The molecule has 7 heteroatoms. The van der Waals surface area contributed by atoms with Gasteiger partial charge in [0.2, 0.25) is 5.76 Å². The number of hydrogen-bond acceptors (Lipinski definition) is 6. The van der Waals surface area contributed by atoms with Crippen molar-refractivity contribution in [2.75, 3.05) is 7.11 Å². The Labute approximate surface area is 126 Å². The van der Waals surface area contributed by atoms with Crippen LogP contribution in [0.5, 0.6) is 0 Å². The maximum Gasteiger partial charge on any atom is 0.374 e. The maximum atomic E-state index is 11.6. The minimum Gasteiger partial charge on any atom is -0.463 e. The summed E-state index contributed by atoms with van der Waals surface area (Å²) in [6.45, 7) is 2.95. The van der Waals surface area contributed by atoms with Gasteiger partial charge < -0.3 is 13.7 Å². The van der Waals surface area contributed by atoms with Gasteiger partial charge >= 0.3 is 5.97 Å². The first-order chi connectivity index (χ1) is 10.2. The number of esters is 1. The molecule has 2 heterocycles. The summed E-state index contributed by atoms with van der Waals surface area (Å²) in [6, 6.07) is 1.79. The number of furan rings is 1. The van der Waals surface area contributed by atoms with Gasteiger partial charge in [-0.05, 0) is 25.8 Å². The van der Waals surface area contributed by atoms with Crippen molar-refractivity contribution in [1.29, 1.82) is 0 Å². The molecule has 0 atom stereocenters. The molecule has 1 aliphatic carbocycles. The van der Waals surface area contributed by atoms with Crippen LogP contribution in [0.15, 0.2) is 21.9 Å². The lowest BCUT2D eigenvalue weighted by Gasteiger charge is -2.06. The normalized spacial score (nSPS) is 14.4. The van der Waals surface area contributed by atoms with E-state index < -0.39 is 5.97 Å². The SMILES string of the molecule is CCn1c(SCc2ccoc2C(=O)OC)nnc1C1CC1. The van der Waals surface area contributed by atoms with Crippen molar-refractivity contribution < 1.29 is 13.9 Å². The summed E-state index contributed by atoms with van der Waals surface area (Å²) in [6.07, 6.45) is 3.91. The van der Waals surface area contributed by atoms with Crippen molar-refractivity contribution >= 4 is 17.7 Å². The molecule has 112 valence electrons. The van der Waals surface area contributed by atoms with Gasteiger partial charge in [0, 0.05) is 23.8 Å². The largest absolute Gasteiger partial charge is 0.463 e. The highest BCUT2D eigenvalue weighted by Gasteiger charge is 2.30. The second kappa shape index (κ2) is 5.93. The van der Waals surface area contributed by atoms with Crippen LogP contribution in [-0.4, -0.2) is 27.8 Å². The Kier molecular flexibility index (Phi) is 4.01. The van der Waals surface area contributed by atoms with Gasteiger partial charge in [0.25, 0.3) is 0 Å². The van der Waals surface area contributed by atoms with Crippen molar-refractivity contribution in [3.63, 3.8) is 0 Å². The van der Waals surface area contributed by atoms with Gasteiger partial charge in [-0.2, -0.15) is 0 Å². The average molecular weight is 307 g/mol. The third-order valence-electron chi connectivity index (χ3n) is 3.48. The van der Waals surface area contributed by atoms with Crippen LogP contribution in [0.4, 0.5) is 0 Å². The molecule has 3 rings (SSSR count). The molecule has 0 N–H and O–H groups in total. The number of carbonyl (C=O) groups excluding carboxylic acids is 1. The summed E-state index contributed by atoms with van der Waals surface area (Å²) in [5, 5.41) is 9.46. The standard InChI is InChI=1S/C14H17N3O3S/c1-3-17-12(9-4-5-9)15-16-14(17)21-8-10-6-7-20-11(10)13(18)19-2/h6-7,9H,3-5,8H2,1-2H3. The maximum absolute atomic E-state index is 11.6. The molecule has 21 heavy (non-hydrogen) atoms. The van der Waals surface area contributed by atoms with Gasteiger partial charge in [-0.3, -0.25) is 0 Å². The fourth-order valence-electron chi connectivity index (χ4n) is 2.21. The number of carbonyl (C=O) groups is 1. The fraction of sp³-hybridized carbons (Fsp3) is 0.500. The molecule has 0 aromatic carbocycles. The Morgan fingerprint density at radius 1 is 1.52 bits per heavy atom. The molecular formula is C14H17N3O3S. The van der Waals surface area contributed by atoms with Crippen LogP contribution >= 0.6 is 11.8 Å². The smallest absolute Gasteiger partial charge is 0.374 e. The molecule has 6 nitrogen and oxygen atoms in total. The first-order valence-electron chi connectivity index (χ1n) is 6.95. The average Bonchev–Trinajstić information content (AvgIpc) is 3.10. The molecule has 0 amide bonds. The highest BCUT2D eigenvalue weighted by molar-refractivity contribution is 7.98. The zero-order chi connectivity index (χ0) is 14.8. The van der Waals surface area contributed by atoms with Gasteiger partial charge in [-0.1, -0.05) is 11.8 Å². The number of methoxy groups -OCH3 is 1. The second-order valence-corrected chi connectivity index (χ2v) is 5.86. The van der Waals surface area contributed by atoms with E-state index in [2.05, 4.69) is 21.7 Å². The summed E-state index contributed by atoms with van der Waals surface area (Å²) < 4.78 is 12.0. The molecule has 0 bridgehead atoms. The molecule has 2 aromatic heterocycles. The Balaban J connectivity index is 1.73. The van der Waals surface area contributed by atoms with Crippen molar-refractivity contribution in [3.05, 3.63) is 29.5 Å². The Morgan fingerprint density at radius 2 is 2.33 bits per heavy atom. The monoisotopic (exact) mass is 307 g/mol. The predicted octanol–water partition coefficient (Wildman–Crippen LogP) is 2.85. The van der Waals surface area contributed by atoms with E-state index in [-0.39, 0.29) is 5.76 Å². The third-order valence-corrected chi connectivity index (χ3v) is 4.49. The summed E-state index contributed by atoms with van der Waals surface area (Å²) in [7, 11) is 1.34. The zero-order valence-electron chi connectivity index (χ0n) is 12.0. The zero-order valence-corrected chi connectivity index (χ0v) is 12.9. The first kappa shape index (κ1) is 14.2. The quantitative estimate of drug-likeness (QED) is 0.604. The van der Waals surface area contributed by atoms with Crippen LogP contribution < -0.4 is 0 Å². The van der Waals surface area contributed by atoms with Gasteiger partial charge in [-0.15, -0.1) is 10.2 Å². The molecular weight excluding hydrogens is 290 g/mol. The summed E-state index contributed by atoms with van der Waals surface area (Å²) in [5.74, 6) is 2.07. The summed E-state index contributed by atoms with van der Waals surface area (Å²) in [5.41, 5.74) is 0.811. The van der Waals surface area contributed by atoms with Crippen LogP contribution in [-0.2, 0) is 17.0 Å². The Bertz CT molecular complexity index is 646. The van der Waals surface area contributed by atoms with E-state index in [1.54, 1.807) is 17.8 Å². The molecule has 1 saturated carbocycles. The lowest BCUT2D eigenvalue weighted by atomic mass is 10.3. The highest BCUT2D eigenvalue weighted by Crippen LogP contribution is 2.40. The van der Waals surface area contributed by atoms with Crippen LogP contribution in [0.3, 0.4) is 0 Å². The highest BCUT2D eigenvalue weighted by atomic mass is 32.2. The van der Waals surface area contributed by atoms with Gasteiger partial charge in [0.05, 0.1) is 13.4 Å². The molecule has 1 aliphatic rings. The van der Waals surface area contributed by atoms with Gasteiger partial charge in [0.15, 0.2) is 5.16 Å². The number of nitrogens with zero attached hydrogens (tertiary/aromatic N) is 3. The fourth-order valence-corrected chi connectivity index (χ4v) is 3.20. The topological polar surface area (TPSA) is 70.2 Å². The van der Waals surface area contributed by atoms with E-state index >= 15 is 0 Å². The van der Waals surface area contributed by atoms with Gasteiger partial charge in [-0.25, -0.2) is 4.79 Å². The molecule has 2 aromatic rings. The number of thioether (sulfide) groups is 1. The van der Waals surface area contributed by atoms with E-state index in [0.717, 1.165) is 23.1 Å². The minimum absolute atomic E-state index is 0.259. The van der Waals surface area contributed by atoms with E-state index in [0.29, 0.717) is 11.7 Å². The summed E-state index contributed by atoms with van der Waals surface area (Å²) >= 11 is 1.56. The van der Waals surface area contributed by atoms with E-state index in [4.69, 9.17) is 9.15 Å². The number of hydrogen-bond donors (Lipinski definition) is 0. The van der Waals surface area contributed by atoms with Crippen LogP contribution in [0.2, 0.25) is 0 Å². The number of ether oxygens (including phenoxy) is 1. The molecule has 0 unspecified atom stereocenters. The van der Waals surface area contributed by atoms with Crippen molar-refractivity contribution in [3.8, 4) is 0 Å². The molecule has 1 fully saturated rings. The molecule has 0 spiro atoms. The van der Waals surface area contributed by atoms with Crippen LogP contribution in [0.25, 0.3) is 0 Å². The van der Waals surface area contributed by atoms with E-state index in [1.807, 2.05) is 0 Å². The summed E-state index contributed by atoms with van der Waals surface area (Å²) in [4.78, 5) is 11.6. The molecule has 0 saturated heterocycles. The van der Waals surface area contributed by atoms with Crippen LogP contribution in [0, 0.1) is 0 Å². The number of aromatic nitrogens is 3. The minimum atomic E-state index is -0.453. The van der Waals surface area contributed by atoms with Crippen LogP contribution in [0.1, 0.15) is 47.6 Å². The number of rotatable bonds is 6. The Morgan fingerprint density at radius 3 is 3.00 bits per heavy atom. The van der Waals surface area contributed by atoms with E-state index in [9.17, 15) is 4.79 Å². The lowest BCUT2D eigenvalue weighted by molar-refractivity contribution is 0.0564. The third kappa shape index (κ3) is 2.83. The van der Waals surface area contributed by atoms with E-state index in [1.165, 1.54) is 26.2 Å². The lowest BCUT2D eigenvalue weighted by Crippen LogP contribution is -2.04. The Hall–Kier alpha value is -1.76. The first-order valence-corrected chi connectivity index (χ1v) is 7.93.